The highest BCUT2D eigenvalue weighted by atomic mass is 35.5. The van der Waals surface area contributed by atoms with Crippen molar-refractivity contribution in [1.82, 2.24) is 25.1 Å². The summed E-state index contributed by atoms with van der Waals surface area (Å²) in [7, 11) is 1.68. The average Bonchev–Trinajstić information content (AvgIpc) is 3.34. The second kappa shape index (κ2) is 11.3. The smallest absolute Gasteiger partial charge is 0.173 e. The van der Waals surface area contributed by atoms with E-state index in [2.05, 4.69) is 49.6 Å². The molecule has 1 saturated heterocycles. The van der Waals surface area contributed by atoms with Gasteiger partial charge in [-0.15, -0.1) is 17.5 Å². The van der Waals surface area contributed by atoms with Gasteiger partial charge in [-0.05, 0) is 45.8 Å². The first-order valence-corrected chi connectivity index (χ1v) is 11.4. The molecule has 0 bridgehead atoms. The molecular formula is C26H28ClFN6O. The Hall–Kier alpha value is -3.49. The lowest BCUT2D eigenvalue weighted by molar-refractivity contribution is 0.201. The van der Waals surface area contributed by atoms with Crippen LogP contribution in [-0.2, 0) is 6.54 Å². The first kappa shape index (κ1) is 24.6. The van der Waals surface area contributed by atoms with Gasteiger partial charge in [-0.25, -0.2) is 9.07 Å². The number of methoxy groups -OCH3 is 1. The summed E-state index contributed by atoms with van der Waals surface area (Å²) >= 11 is 0. The summed E-state index contributed by atoms with van der Waals surface area (Å²) in [4.78, 5) is 4.73. The summed E-state index contributed by atoms with van der Waals surface area (Å²) in [6, 6.07) is 24.8. The molecule has 1 aromatic heterocycles. The van der Waals surface area contributed by atoms with Crippen LogP contribution >= 0.6 is 12.4 Å². The molecule has 7 nitrogen and oxygen atoms in total. The number of rotatable bonds is 7. The monoisotopic (exact) mass is 494 g/mol. The van der Waals surface area contributed by atoms with Crippen molar-refractivity contribution in [2.24, 2.45) is 0 Å². The maximum absolute atomic E-state index is 13.7. The number of anilines is 1. The number of piperazine rings is 1. The van der Waals surface area contributed by atoms with Gasteiger partial charge < -0.3 is 9.64 Å². The molecular weight excluding hydrogens is 467 g/mol. The largest absolute Gasteiger partial charge is 0.497 e. The first-order chi connectivity index (χ1) is 16.7. The van der Waals surface area contributed by atoms with Crippen LogP contribution < -0.4 is 9.64 Å². The van der Waals surface area contributed by atoms with Gasteiger partial charge in [0, 0.05) is 37.9 Å². The van der Waals surface area contributed by atoms with E-state index in [0.29, 0.717) is 6.54 Å². The van der Waals surface area contributed by atoms with Crippen molar-refractivity contribution in [2.75, 3.05) is 38.2 Å². The number of aromatic nitrogens is 4. The molecule has 1 fully saturated rings. The zero-order valence-corrected chi connectivity index (χ0v) is 20.3. The topological polar surface area (TPSA) is 59.3 Å². The molecule has 4 aromatic rings. The Bertz CT molecular complexity index is 1210. The van der Waals surface area contributed by atoms with Gasteiger partial charge in [0.25, 0.3) is 0 Å². The second-order valence-electron chi connectivity index (χ2n) is 8.36. The summed E-state index contributed by atoms with van der Waals surface area (Å²) in [6.45, 7) is 3.91. The molecule has 182 valence electrons. The SMILES string of the molecule is COc1cccc(N2CCN(C(c3ccc(F)cc3)c3nnnn3Cc3ccccc3)CC2)c1.Cl. The average molecular weight is 495 g/mol. The van der Waals surface area contributed by atoms with Crippen molar-refractivity contribution in [3.63, 3.8) is 0 Å². The molecule has 0 amide bonds. The molecule has 0 saturated carbocycles. The molecule has 0 N–H and O–H groups in total. The van der Waals surface area contributed by atoms with Crippen molar-refractivity contribution in [1.29, 1.82) is 0 Å². The summed E-state index contributed by atoms with van der Waals surface area (Å²) < 4.78 is 21.0. The van der Waals surface area contributed by atoms with E-state index >= 15 is 0 Å². The van der Waals surface area contributed by atoms with E-state index < -0.39 is 0 Å². The minimum absolute atomic E-state index is 0. The van der Waals surface area contributed by atoms with Gasteiger partial charge in [-0.3, -0.25) is 4.90 Å². The maximum atomic E-state index is 13.7. The molecule has 0 radical (unpaired) electrons. The number of ether oxygens (including phenoxy) is 1. The minimum Gasteiger partial charge on any atom is -0.497 e. The number of nitrogens with zero attached hydrogens (tertiary/aromatic N) is 6. The van der Waals surface area contributed by atoms with Crippen LogP contribution in [0, 0.1) is 5.82 Å². The second-order valence-corrected chi connectivity index (χ2v) is 8.36. The Balaban J connectivity index is 0.00000289. The normalized spacial score (nSPS) is 14.9. The highest BCUT2D eigenvalue weighted by Gasteiger charge is 2.31. The van der Waals surface area contributed by atoms with Gasteiger partial charge in [-0.2, -0.15) is 0 Å². The zero-order chi connectivity index (χ0) is 23.3. The molecule has 1 atom stereocenters. The Labute approximate surface area is 210 Å². The molecule has 1 unspecified atom stereocenters. The van der Waals surface area contributed by atoms with Crippen molar-refractivity contribution >= 4 is 18.1 Å². The number of hydrogen-bond donors (Lipinski definition) is 0. The van der Waals surface area contributed by atoms with Crippen molar-refractivity contribution in [3.05, 3.63) is 102 Å². The van der Waals surface area contributed by atoms with E-state index in [1.807, 2.05) is 47.1 Å². The zero-order valence-electron chi connectivity index (χ0n) is 19.5. The number of halogens is 2. The molecule has 0 spiro atoms. The molecule has 3 aromatic carbocycles. The third-order valence-electron chi connectivity index (χ3n) is 6.26. The van der Waals surface area contributed by atoms with E-state index in [4.69, 9.17) is 4.74 Å². The Morgan fingerprint density at radius 3 is 2.37 bits per heavy atom. The Kier molecular flexibility index (Phi) is 7.94. The van der Waals surface area contributed by atoms with E-state index in [1.54, 1.807) is 7.11 Å². The predicted octanol–water partition coefficient (Wildman–Crippen LogP) is 4.20. The van der Waals surface area contributed by atoms with Gasteiger partial charge in [0.05, 0.1) is 19.7 Å². The van der Waals surface area contributed by atoms with Crippen molar-refractivity contribution in [3.8, 4) is 5.75 Å². The molecule has 0 aliphatic carbocycles. The number of tetrazole rings is 1. The summed E-state index contributed by atoms with van der Waals surface area (Å²) in [5, 5.41) is 12.7. The lowest BCUT2D eigenvalue weighted by Crippen LogP contribution is -2.48. The van der Waals surface area contributed by atoms with Gasteiger partial charge in [-0.1, -0.05) is 48.5 Å². The third kappa shape index (κ3) is 5.61. The fraction of sp³-hybridized carbons (Fsp3) is 0.269. The van der Waals surface area contributed by atoms with Crippen LogP contribution in [-0.4, -0.2) is 58.4 Å². The van der Waals surface area contributed by atoms with E-state index in [1.165, 1.54) is 12.1 Å². The standard InChI is InChI=1S/C26H27FN6O.ClH/c1-34-24-9-5-8-23(18-24)31-14-16-32(17-15-31)25(21-10-12-22(27)13-11-21)26-28-29-30-33(26)19-20-6-3-2-4-7-20;/h2-13,18,25H,14-17,19H2,1H3;1H. The van der Waals surface area contributed by atoms with Gasteiger partial charge in [0.2, 0.25) is 0 Å². The summed E-state index contributed by atoms with van der Waals surface area (Å²) in [5.74, 6) is 1.35. The highest BCUT2D eigenvalue weighted by molar-refractivity contribution is 5.85. The minimum atomic E-state index is -0.255. The fourth-order valence-electron chi connectivity index (χ4n) is 4.49. The maximum Gasteiger partial charge on any atom is 0.173 e. The molecule has 2 heterocycles. The molecule has 9 heteroatoms. The molecule has 35 heavy (non-hydrogen) atoms. The number of hydrogen-bond acceptors (Lipinski definition) is 6. The summed E-state index contributed by atoms with van der Waals surface area (Å²) in [5.41, 5.74) is 3.24. The van der Waals surface area contributed by atoms with E-state index in [9.17, 15) is 4.39 Å². The quantitative estimate of drug-likeness (QED) is 0.384. The third-order valence-corrected chi connectivity index (χ3v) is 6.26. The fourth-order valence-corrected chi connectivity index (χ4v) is 4.49. The van der Waals surface area contributed by atoms with Crippen LogP contribution in [0.5, 0.6) is 5.75 Å². The number of benzene rings is 3. The van der Waals surface area contributed by atoms with Gasteiger partial charge in [0.1, 0.15) is 11.6 Å². The van der Waals surface area contributed by atoms with Crippen LogP contribution in [0.4, 0.5) is 10.1 Å². The van der Waals surface area contributed by atoms with Gasteiger partial charge >= 0.3 is 0 Å². The van der Waals surface area contributed by atoms with Crippen molar-refractivity contribution < 1.29 is 9.13 Å². The van der Waals surface area contributed by atoms with Crippen LogP contribution in [0.2, 0.25) is 0 Å². The molecule has 1 aliphatic heterocycles. The Morgan fingerprint density at radius 2 is 1.66 bits per heavy atom. The van der Waals surface area contributed by atoms with Crippen LogP contribution in [0.1, 0.15) is 23.0 Å². The first-order valence-electron chi connectivity index (χ1n) is 11.4. The summed E-state index contributed by atoms with van der Waals surface area (Å²) in [6.07, 6.45) is 0. The molecule has 5 rings (SSSR count). The molecule has 1 aliphatic rings. The predicted molar refractivity (Wildman–Crippen MR) is 136 cm³/mol. The highest BCUT2D eigenvalue weighted by Crippen LogP contribution is 2.30. The van der Waals surface area contributed by atoms with Crippen LogP contribution in [0.3, 0.4) is 0 Å². The van der Waals surface area contributed by atoms with Gasteiger partial charge in [0.15, 0.2) is 5.82 Å². The van der Waals surface area contributed by atoms with Crippen molar-refractivity contribution in [2.45, 2.75) is 12.6 Å². The van der Waals surface area contributed by atoms with E-state index in [-0.39, 0.29) is 24.3 Å². The van der Waals surface area contributed by atoms with Crippen LogP contribution in [0.25, 0.3) is 0 Å². The Morgan fingerprint density at radius 1 is 0.914 bits per heavy atom. The lowest BCUT2D eigenvalue weighted by atomic mass is 10.0. The van der Waals surface area contributed by atoms with E-state index in [0.717, 1.165) is 54.6 Å². The lowest BCUT2D eigenvalue weighted by Gasteiger charge is -2.40. The van der Waals surface area contributed by atoms with Crippen LogP contribution in [0.15, 0.2) is 78.9 Å².